The van der Waals surface area contributed by atoms with Crippen LogP contribution >= 0.6 is 11.3 Å². The van der Waals surface area contributed by atoms with Crippen LogP contribution in [-0.4, -0.2) is 39.4 Å². The Balaban J connectivity index is 1.45. The molecule has 0 spiro atoms. The van der Waals surface area contributed by atoms with Gasteiger partial charge < -0.3 is 4.42 Å². The first-order valence-corrected chi connectivity index (χ1v) is 8.19. The van der Waals surface area contributed by atoms with Crippen molar-refractivity contribution in [2.45, 2.75) is 0 Å². The van der Waals surface area contributed by atoms with E-state index in [0.717, 1.165) is 10.5 Å². The molecule has 0 unspecified atom stereocenters. The zero-order chi connectivity index (χ0) is 17.4. The molecule has 0 radical (unpaired) electrons. The highest BCUT2D eigenvalue weighted by atomic mass is 32.1. The molecule has 1 aliphatic heterocycles. The van der Waals surface area contributed by atoms with Crippen LogP contribution in [0.4, 0.5) is 6.01 Å². The Hall–Kier alpha value is -3.33. The summed E-state index contributed by atoms with van der Waals surface area (Å²) in [7, 11) is 0. The summed E-state index contributed by atoms with van der Waals surface area (Å²) >= 11 is 1.48. The van der Waals surface area contributed by atoms with Crippen molar-refractivity contribution in [3.05, 3.63) is 52.2 Å². The number of thiophene rings is 1. The van der Waals surface area contributed by atoms with Crippen molar-refractivity contribution >= 4 is 35.1 Å². The highest BCUT2D eigenvalue weighted by molar-refractivity contribution is 7.08. The second kappa shape index (κ2) is 5.95. The summed E-state index contributed by atoms with van der Waals surface area (Å²) in [5.41, 5.74) is 1.33. The number of rotatable bonds is 4. The van der Waals surface area contributed by atoms with Gasteiger partial charge >= 0.3 is 6.01 Å². The van der Waals surface area contributed by atoms with E-state index in [-0.39, 0.29) is 23.0 Å². The van der Waals surface area contributed by atoms with Gasteiger partial charge in [0.15, 0.2) is 0 Å². The lowest BCUT2D eigenvalue weighted by Crippen LogP contribution is -2.37. The minimum absolute atomic E-state index is 0.0946. The topological polar surface area (TPSA) is 105 Å². The molecule has 3 amide bonds. The Morgan fingerprint density at radius 2 is 1.84 bits per heavy atom. The zero-order valence-corrected chi connectivity index (χ0v) is 13.4. The van der Waals surface area contributed by atoms with E-state index in [1.54, 1.807) is 24.3 Å². The zero-order valence-electron chi connectivity index (χ0n) is 12.6. The number of hydrogen-bond donors (Lipinski definition) is 1. The van der Waals surface area contributed by atoms with E-state index in [2.05, 4.69) is 15.5 Å². The molecule has 0 atom stereocenters. The molecule has 25 heavy (non-hydrogen) atoms. The van der Waals surface area contributed by atoms with Crippen molar-refractivity contribution < 1.29 is 18.8 Å². The smallest absolute Gasteiger partial charge is 0.322 e. The van der Waals surface area contributed by atoms with Gasteiger partial charge in [0.2, 0.25) is 5.91 Å². The molecule has 0 bridgehead atoms. The maximum Gasteiger partial charge on any atom is 0.322 e. The molecule has 1 aliphatic rings. The molecule has 0 aliphatic carbocycles. The molecule has 4 rings (SSSR count). The summed E-state index contributed by atoms with van der Waals surface area (Å²) in [6.07, 6.45) is 0. The number of imide groups is 1. The standard InChI is InChI=1S/C16H10N4O4S/c21-12(17-16-19-18-13(24-16)9-5-6-25-8-9)7-20-14(22)10-3-1-2-4-11(10)15(20)23/h1-6,8H,7H2,(H,17,19,21). The lowest BCUT2D eigenvalue weighted by atomic mass is 10.1. The number of amides is 3. The molecule has 3 heterocycles. The van der Waals surface area contributed by atoms with Gasteiger partial charge in [-0.2, -0.15) is 11.3 Å². The SMILES string of the molecule is O=C(CN1C(=O)c2ccccc2C1=O)Nc1nnc(-c2ccsc2)o1. The van der Waals surface area contributed by atoms with Crippen LogP contribution in [0.15, 0.2) is 45.5 Å². The van der Waals surface area contributed by atoms with Crippen LogP contribution in [-0.2, 0) is 4.79 Å². The van der Waals surface area contributed by atoms with Crippen LogP contribution in [0, 0.1) is 0 Å². The number of fused-ring (bicyclic) bond motifs is 1. The van der Waals surface area contributed by atoms with Gasteiger partial charge in [-0.1, -0.05) is 17.2 Å². The predicted octanol–water partition coefficient (Wildman–Crippen LogP) is 2.03. The Bertz CT molecular complexity index is 945. The van der Waals surface area contributed by atoms with Crippen LogP contribution < -0.4 is 5.32 Å². The fraction of sp³-hybridized carbons (Fsp3) is 0.0625. The number of carbonyl (C=O) groups is 3. The van der Waals surface area contributed by atoms with Gasteiger partial charge in [0.05, 0.1) is 11.1 Å². The van der Waals surface area contributed by atoms with Gasteiger partial charge in [0, 0.05) is 10.9 Å². The Morgan fingerprint density at radius 1 is 1.12 bits per heavy atom. The second-order valence-corrected chi connectivity index (χ2v) is 5.99. The molecule has 8 nitrogen and oxygen atoms in total. The summed E-state index contributed by atoms with van der Waals surface area (Å²) in [5, 5.41) is 13.7. The Kier molecular flexibility index (Phi) is 3.62. The van der Waals surface area contributed by atoms with Crippen molar-refractivity contribution in [2.24, 2.45) is 0 Å². The van der Waals surface area contributed by atoms with Gasteiger partial charge in [0.25, 0.3) is 17.7 Å². The van der Waals surface area contributed by atoms with Crippen molar-refractivity contribution in [3.8, 4) is 11.5 Å². The van der Waals surface area contributed by atoms with Crippen molar-refractivity contribution in [2.75, 3.05) is 11.9 Å². The Labute approximate surface area is 145 Å². The average molecular weight is 354 g/mol. The normalized spacial score (nSPS) is 13.2. The first kappa shape index (κ1) is 15.2. The third kappa shape index (κ3) is 2.70. The van der Waals surface area contributed by atoms with E-state index in [1.165, 1.54) is 11.3 Å². The van der Waals surface area contributed by atoms with Crippen LogP contribution in [0.3, 0.4) is 0 Å². The van der Waals surface area contributed by atoms with E-state index >= 15 is 0 Å². The fourth-order valence-electron chi connectivity index (χ4n) is 2.46. The predicted molar refractivity (Wildman–Crippen MR) is 88.0 cm³/mol. The second-order valence-electron chi connectivity index (χ2n) is 5.21. The third-order valence-electron chi connectivity index (χ3n) is 3.62. The largest absolute Gasteiger partial charge is 0.403 e. The van der Waals surface area contributed by atoms with Crippen molar-refractivity contribution in [3.63, 3.8) is 0 Å². The molecule has 0 fully saturated rings. The van der Waals surface area contributed by atoms with Crippen LogP contribution in [0.25, 0.3) is 11.5 Å². The molecule has 0 saturated heterocycles. The number of anilines is 1. The number of aromatic nitrogens is 2. The third-order valence-corrected chi connectivity index (χ3v) is 4.30. The first-order valence-electron chi connectivity index (χ1n) is 7.24. The number of hydrogen-bond acceptors (Lipinski definition) is 7. The highest BCUT2D eigenvalue weighted by Crippen LogP contribution is 2.23. The molecule has 1 N–H and O–H groups in total. The summed E-state index contributed by atoms with van der Waals surface area (Å²) in [5.74, 6) is -1.33. The maximum absolute atomic E-state index is 12.2. The summed E-state index contributed by atoms with van der Waals surface area (Å²) in [4.78, 5) is 37.5. The van der Waals surface area contributed by atoms with E-state index in [1.807, 2.05) is 16.8 Å². The number of benzene rings is 1. The van der Waals surface area contributed by atoms with Crippen LogP contribution in [0.2, 0.25) is 0 Å². The molecule has 9 heteroatoms. The molecule has 1 aromatic carbocycles. The number of nitrogens with zero attached hydrogens (tertiary/aromatic N) is 3. The van der Waals surface area contributed by atoms with E-state index in [0.29, 0.717) is 0 Å². The van der Waals surface area contributed by atoms with E-state index < -0.39 is 24.3 Å². The van der Waals surface area contributed by atoms with Crippen molar-refractivity contribution in [1.29, 1.82) is 0 Å². The molecular formula is C16H10N4O4S. The average Bonchev–Trinajstić information content (AvgIpc) is 3.33. The van der Waals surface area contributed by atoms with Gasteiger partial charge in [-0.3, -0.25) is 24.6 Å². The van der Waals surface area contributed by atoms with Gasteiger partial charge in [-0.15, -0.1) is 5.10 Å². The first-order chi connectivity index (χ1) is 12.1. The minimum atomic E-state index is -0.602. The fourth-order valence-corrected chi connectivity index (χ4v) is 3.09. The van der Waals surface area contributed by atoms with Gasteiger partial charge in [0.1, 0.15) is 6.54 Å². The molecule has 124 valence electrons. The maximum atomic E-state index is 12.2. The molecule has 2 aromatic heterocycles. The van der Waals surface area contributed by atoms with Crippen LogP contribution in [0.1, 0.15) is 20.7 Å². The molecular weight excluding hydrogens is 344 g/mol. The highest BCUT2D eigenvalue weighted by Gasteiger charge is 2.36. The molecule has 3 aromatic rings. The van der Waals surface area contributed by atoms with E-state index in [4.69, 9.17) is 4.42 Å². The lowest BCUT2D eigenvalue weighted by molar-refractivity contribution is -0.116. The van der Waals surface area contributed by atoms with Gasteiger partial charge in [-0.05, 0) is 23.6 Å². The summed E-state index contributed by atoms with van der Waals surface area (Å²) < 4.78 is 5.34. The number of carbonyl (C=O) groups excluding carboxylic acids is 3. The number of nitrogens with one attached hydrogen (secondary N) is 1. The lowest BCUT2D eigenvalue weighted by Gasteiger charge is -2.12. The van der Waals surface area contributed by atoms with E-state index in [9.17, 15) is 14.4 Å². The Morgan fingerprint density at radius 3 is 2.48 bits per heavy atom. The monoisotopic (exact) mass is 354 g/mol. The van der Waals surface area contributed by atoms with Gasteiger partial charge in [-0.25, -0.2) is 0 Å². The molecule has 0 saturated carbocycles. The van der Waals surface area contributed by atoms with Crippen molar-refractivity contribution in [1.82, 2.24) is 15.1 Å². The minimum Gasteiger partial charge on any atom is -0.403 e. The summed E-state index contributed by atoms with van der Waals surface area (Å²) in [6, 6.07) is 8.15. The quantitative estimate of drug-likeness (QED) is 0.719. The van der Waals surface area contributed by atoms with Crippen LogP contribution in [0.5, 0.6) is 0 Å². The summed E-state index contributed by atoms with van der Waals surface area (Å²) in [6.45, 7) is -0.428.